The van der Waals surface area contributed by atoms with E-state index in [4.69, 9.17) is 5.73 Å². The van der Waals surface area contributed by atoms with Gasteiger partial charge >= 0.3 is 0 Å². The first kappa shape index (κ1) is 19.2. The molecule has 4 N–H and O–H groups in total. The van der Waals surface area contributed by atoms with Crippen molar-refractivity contribution in [2.45, 2.75) is 38.8 Å². The van der Waals surface area contributed by atoms with Crippen LogP contribution in [0, 0.1) is 5.92 Å². The Morgan fingerprint density at radius 3 is 2.78 bits per heavy atom. The number of amides is 2. The van der Waals surface area contributed by atoms with Crippen molar-refractivity contribution in [1.82, 2.24) is 14.9 Å². The lowest BCUT2D eigenvalue weighted by molar-refractivity contribution is -0.120. The van der Waals surface area contributed by atoms with Gasteiger partial charge in [0.15, 0.2) is 0 Å². The van der Waals surface area contributed by atoms with Crippen LogP contribution in [0.1, 0.15) is 37.0 Å². The van der Waals surface area contributed by atoms with Crippen molar-refractivity contribution in [2.24, 2.45) is 18.7 Å². The molecule has 8 heteroatoms. The third kappa shape index (κ3) is 3.75. The summed E-state index contributed by atoms with van der Waals surface area (Å²) in [6, 6.07) is 4.57. The van der Waals surface area contributed by atoms with E-state index in [9.17, 15) is 14.7 Å². The molecule has 1 aromatic carbocycles. The van der Waals surface area contributed by atoms with Crippen molar-refractivity contribution in [3.63, 3.8) is 0 Å². The van der Waals surface area contributed by atoms with Crippen LogP contribution in [0.15, 0.2) is 18.2 Å². The minimum Gasteiger partial charge on any atom is -0.391 e. The van der Waals surface area contributed by atoms with Crippen LogP contribution in [0.25, 0.3) is 11.0 Å². The van der Waals surface area contributed by atoms with Crippen molar-refractivity contribution in [3.05, 3.63) is 23.8 Å². The Balaban J connectivity index is 1.85. The Morgan fingerprint density at radius 1 is 1.44 bits per heavy atom. The molecular formula is C19H27N5O3. The fourth-order valence-electron chi connectivity index (χ4n) is 3.49. The lowest BCUT2D eigenvalue weighted by Gasteiger charge is -2.21. The number of imidazole rings is 1. The van der Waals surface area contributed by atoms with E-state index in [1.807, 2.05) is 36.4 Å². The number of primary amides is 1. The number of nitrogens with two attached hydrogens (primary N) is 1. The zero-order chi connectivity index (χ0) is 19.7. The number of aromatic nitrogens is 2. The highest BCUT2D eigenvalue weighted by Crippen LogP contribution is 2.25. The standard InChI is InChI=1S/C19H27N5O3/c1-4-11(2)16(17(20)26)22-18(27)12-5-6-15-14(9-12)21-19(23(15)3)24-8-7-13(25)10-24/h5-6,9,11,13,16,25H,4,7-8,10H2,1-3H3,(H2,20,26)(H,22,27)/t11-,13-,16-/m0/s1. The molecule has 0 radical (unpaired) electrons. The van der Waals surface area contributed by atoms with Gasteiger partial charge in [0.05, 0.1) is 17.1 Å². The third-order valence-corrected chi connectivity index (χ3v) is 5.37. The summed E-state index contributed by atoms with van der Waals surface area (Å²) in [5.41, 5.74) is 7.47. The summed E-state index contributed by atoms with van der Waals surface area (Å²) in [4.78, 5) is 31.0. The fraction of sp³-hybridized carbons (Fsp3) is 0.526. The summed E-state index contributed by atoms with van der Waals surface area (Å²) in [7, 11) is 1.92. The smallest absolute Gasteiger partial charge is 0.252 e. The van der Waals surface area contributed by atoms with E-state index in [1.165, 1.54) is 0 Å². The molecule has 2 aromatic rings. The van der Waals surface area contributed by atoms with E-state index in [-0.39, 0.29) is 17.9 Å². The highest BCUT2D eigenvalue weighted by atomic mass is 16.3. The number of rotatable bonds is 6. The van der Waals surface area contributed by atoms with Gasteiger partial charge in [-0.25, -0.2) is 4.98 Å². The molecule has 0 spiro atoms. The Bertz CT molecular complexity index is 862. The van der Waals surface area contributed by atoms with Crippen LogP contribution in [0.2, 0.25) is 0 Å². The number of β-amino-alcohol motifs (C(OH)–C–C–N with tert-alkyl or cyclic N) is 1. The highest BCUT2D eigenvalue weighted by Gasteiger charge is 2.26. The molecule has 1 aliphatic rings. The first-order valence-electron chi connectivity index (χ1n) is 9.31. The summed E-state index contributed by atoms with van der Waals surface area (Å²) in [5.74, 6) is -0.150. The molecule has 1 aliphatic heterocycles. The van der Waals surface area contributed by atoms with E-state index < -0.39 is 11.9 Å². The zero-order valence-electron chi connectivity index (χ0n) is 16.0. The van der Waals surface area contributed by atoms with Gasteiger partial charge in [-0.3, -0.25) is 9.59 Å². The van der Waals surface area contributed by atoms with Gasteiger partial charge in [-0.05, 0) is 30.5 Å². The van der Waals surface area contributed by atoms with E-state index in [0.29, 0.717) is 17.6 Å². The van der Waals surface area contributed by atoms with Crippen molar-refractivity contribution >= 4 is 28.8 Å². The Kier molecular flexibility index (Phi) is 5.36. The van der Waals surface area contributed by atoms with Gasteiger partial charge in [-0.15, -0.1) is 0 Å². The number of hydrogen-bond acceptors (Lipinski definition) is 5. The SMILES string of the molecule is CC[C@H](C)[C@H](NC(=O)c1ccc2c(c1)nc(N1CC[C@H](O)C1)n2C)C(N)=O. The van der Waals surface area contributed by atoms with Crippen LogP contribution >= 0.6 is 0 Å². The quantitative estimate of drug-likeness (QED) is 0.692. The first-order chi connectivity index (χ1) is 12.8. The summed E-state index contributed by atoms with van der Waals surface area (Å²) >= 11 is 0. The molecule has 0 unspecified atom stereocenters. The molecular weight excluding hydrogens is 346 g/mol. The summed E-state index contributed by atoms with van der Waals surface area (Å²) in [5, 5.41) is 12.5. The molecule has 3 atom stereocenters. The predicted molar refractivity (Wildman–Crippen MR) is 103 cm³/mol. The Hall–Kier alpha value is -2.61. The van der Waals surface area contributed by atoms with Crippen molar-refractivity contribution < 1.29 is 14.7 Å². The molecule has 8 nitrogen and oxygen atoms in total. The van der Waals surface area contributed by atoms with Crippen LogP contribution in [-0.4, -0.2) is 51.7 Å². The number of aliphatic hydroxyl groups excluding tert-OH is 1. The van der Waals surface area contributed by atoms with Crippen molar-refractivity contribution in [1.29, 1.82) is 0 Å². The summed E-state index contributed by atoms with van der Waals surface area (Å²) in [6.45, 7) is 5.14. The normalized spacial score (nSPS) is 19.3. The molecule has 146 valence electrons. The molecule has 0 bridgehead atoms. The van der Waals surface area contributed by atoms with Gasteiger partial charge < -0.3 is 25.6 Å². The van der Waals surface area contributed by atoms with Crippen LogP contribution in [0.3, 0.4) is 0 Å². The molecule has 1 fully saturated rings. The van der Waals surface area contributed by atoms with Gasteiger partial charge in [0.25, 0.3) is 5.91 Å². The number of aryl methyl sites for hydroxylation is 1. The zero-order valence-corrected chi connectivity index (χ0v) is 16.0. The van der Waals surface area contributed by atoms with Crippen LogP contribution in [0.4, 0.5) is 5.95 Å². The van der Waals surface area contributed by atoms with Gasteiger partial charge in [0, 0.05) is 25.7 Å². The second kappa shape index (κ2) is 7.56. The average molecular weight is 373 g/mol. The van der Waals surface area contributed by atoms with E-state index in [2.05, 4.69) is 10.3 Å². The lowest BCUT2D eigenvalue weighted by Crippen LogP contribution is -2.48. The molecule has 1 aromatic heterocycles. The first-order valence-corrected chi connectivity index (χ1v) is 9.31. The number of carbonyl (C=O) groups excluding carboxylic acids is 2. The average Bonchev–Trinajstić information content (AvgIpc) is 3.21. The Labute approximate surface area is 158 Å². The maximum absolute atomic E-state index is 12.6. The molecule has 27 heavy (non-hydrogen) atoms. The number of anilines is 1. The van der Waals surface area contributed by atoms with Crippen LogP contribution in [0.5, 0.6) is 0 Å². The molecule has 0 saturated carbocycles. The minimum absolute atomic E-state index is 0.0433. The summed E-state index contributed by atoms with van der Waals surface area (Å²) < 4.78 is 1.96. The van der Waals surface area contributed by atoms with Gasteiger partial charge in [0.1, 0.15) is 6.04 Å². The molecule has 1 saturated heterocycles. The number of hydrogen-bond donors (Lipinski definition) is 3. The third-order valence-electron chi connectivity index (χ3n) is 5.37. The predicted octanol–water partition coefficient (Wildman–Crippen LogP) is 0.774. The van der Waals surface area contributed by atoms with E-state index >= 15 is 0 Å². The van der Waals surface area contributed by atoms with E-state index in [1.54, 1.807) is 12.1 Å². The van der Waals surface area contributed by atoms with E-state index in [0.717, 1.165) is 30.9 Å². The second-order valence-electron chi connectivity index (χ2n) is 7.30. The topological polar surface area (TPSA) is 113 Å². The number of nitrogens with zero attached hydrogens (tertiary/aromatic N) is 3. The monoisotopic (exact) mass is 373 g/mol. The van der Waals surface area contributed by atoms with Crippen molar-refractivity contribution in [3.8, 4) is 0 Å². The van der Waals surface area contributed by atoms with Gasteiger partial charge in [0.2, 0.25) is 11.9 Å². The van der Waals surface area contributed by atoms with Crippen LogP contribution in [-0.2, 0) is 11.8 Å². The van der Waals surface area contributed by atoms with Crippen molar-refractivity contribution in [2.75, 3.05) is 18.0 Å². The number of nitrogens with one attached hydrogen (secondary N) is 1. The molecule has 2 heterocycles. The molecule has 3 rings (SSSR count). The largest absolute Gasteiger partial charge is 0.391 e. The fourth-order valence-corrected chi connectivity index (χ4v) is 3.49. The minimum atomic E-state index is -0.705. The van der Waals surface area contributed by atoms with Crippen LogP contribution < -0.4 is 16.0 Å². The molecule has 0 aliphatic carbocycles. The highest BCUT2D eigenvalue weighted by molar-refractivity contribution is 6.00. The number of benzene rings is 1. The maximum Gasteiger partial charge on any atom is 0.252 e. The molecule has 2 amide bonds. The van der Waals surface area contributed by atoms with Gasteiger partial charge in [-0.2, -0.15) is 0 Å². The van der Waals surface area contributed by atoms with Gasteiger partial charge in [-0.1, -0.05) is 20.3 Å². The maximum atomic E-state index is 12.6. The Morgan fingerprint density at radius 2 is 2.19 bits per heavy atom. The number of aliphatic hydroxyl groups is 1. The number of fused-ring (bicyclic) bond motifs is 1. The second-order valence-corrected chi connectivity index (χ2v) is 7.30. The number of carbonyl (C=O) groups is 2. The lowest BCUT2D eigenvalue weighted by atomic mass is 9.98. The summed E-state index contributed by atoms with van der Waals surface area (Å²) in [6.07, 6.45) is 1.12.